The van der Waals surface area contributed by atoms with Crippen molar-refractivity contribution >= 4 is 17.5 Å². The van der Waals surface area contributed by atoms with Crippen molar-refractivity contribution < 1.29 is 14.0 Å². The van der Waals surface area contributed by atoms with E-state index in [1.54, 1.807) is 24.9 Å². The Bertz CT molecular complexity index is 608. The van der Waals surface area contributed by atoms with E-state index in [0.717, 1.165) is 19.3 Å². The second-order valence-electron chi connectivity index (χ2n) is 7.03. The van der Waals surface area contributed by atoms with Crippen LogP contribution in [-0.4, -0.2) is 42.4 Å². The Morgan fingerprint density at radius 3 is 2.72 bits per heavy atom. The first-order chi connectivity index (χ1) is 11.9. The average Bonchev–Trinajstić information content (AvgIpc) is 2.56. The van der Waals surface area contributed by atoms with E-state index < -0.39 is 11.9 Å². The molecule has 3 atom stereocenters. The summed E-state index contributed by atoms with van der Waals surface area (Å²) in [5.74, 6) is -0.245. The molecule has 1 aliphatic carbocycles. The second kappa shape index (κ2) is 8.94. The van der Waals surface area contributed by atoms with E-state index in [1.807, 2.05) is 0 Å². The summed E-state index contributed by atoms with van der Waals surface area (Å²) in [4.78, 5) is 26.2. The molecule has 0 saturated heterocycles. The molecular weight excluding hydrogens is 321 g/mol. The number of carbonyl (C=O) groups excluding carboxylic acids is 2. The lowest BCUT2D eigenvalue weighted by Crippen LogP contribution is -2.50. The molecule has 1 fully saturated rings. The van der Waals surface area contributed by atoms with Gasteiger partial charge in [0.05, 0.1) is 12.6 Å². The molecule has 0 heterocycles. The molecule has 1 aliphatic rings. The summed E-state index contributed by atoms with van der Waals surface area (Å²) in [6, 6.07) is 5.56. The summed E-state index contributed by atoms with van der Waals surface area (Å²) in [5.41, 5.74) is 0.409. The van der Waals surface area contributed by atoms with Crippen LogP contribution in [0.25, 0.3) is 0 Å². The molecule has 2 rings (SSSR count). The first-order valence-corrected chi connectivity index (χ1v) is 8.93. The molecule has 1 saturated carbocycles. The minimum atomic E-state index is -0.410. The van der Waals surface area contributed by atoms with E-state index in [2.05, 4.69) is 17.6 Å². The zero-order valence-corrected chi connectivity index (χ0v) is 15.2. The Kier molecular flexibility index (Phi) is 6.93. The third-order valence-electron chi connectivity index (χ3n) is 4.98. The van der Waals surface area contributed by atoms with Crippen LogP contribution in [0.15, 0.2) is 24.3 Å². The quantitative estimate of drug-likeness (QED) is 0.830. The first kappa shape index (κ1) is 19.4. The summed E-state index contributed by atoms with van der Waals surface area (Å²) in [6.45, 7) is 4.02. The monoisotopic (exact) mass is 349 g/mol. The summed E-state index contributed by atoms with van der Waals surface area (Å²) in [5, 5.41) is 5.76. The van der Waals surface area contributed by atoms with Crippen LogP contribution in [0.1, 0.15) is 39.5 Å². The number of rotatable bonds is 6. The largest absolute Gasteiger partial charge is 0.352 e. The minimum absolute atomic E-state index is 0.0557. The van der Waals surface area contributed by atoms with Gasteiger partial charge in [-0.2, -0.15) is 0 Å². The Labute approximate surface area is 149 Å². The summed E-state index contributed by atoms with van der Waals surface area (Å²) in [6.07, 6.45) is 4.54. The second-order valence-corrected chi connectivity index (χ2v) is 7.03. The van der Waals surface area contributed by atoms with Crippen molar-refractivity contribution in [3.8, 4) is 0 Å². The third-order valence-corrected chi connectivity index (χ3v) is 4.98. The van der Waals surface area contributed by atoms with Crippen LogP contribution in [0.4, 0.5) is 10.1 Å². The number of carbonyl (C=O) groups is 2. The fourth-order valence-corrected chi connectivity index (χ4v) is 3.16. The van der Waals surface area contributed by atoms with Crippen molar-refractivity contribution in [1.82, 2.24) is 10.2 Å². The molecule has 1 aromatic carbocycles. The predicted molar refractivity (Wildman–Crippen MR) is 96.7 cm³/mol. The molecule has 0 radical (unpaired) electrons. The van der Waals surface area contributed by atoms with Crippen LogP contribution >= 0.6 is 0 Å². The van der Waals surface area contributed by atoms with Gasteiger partial charge >= 0.3 is 0 Å². The lowest BCUT2D eigenvalue weighted by molar-refractivity contribution is -0.127. The number of hydrogen-bond acceptors (Lipinski definition) is 3. The van der Waals surface area contributed by atoms with Gasteiger partial charge < -0.3 is 10.6 Å². The molecule has 0 aliphatic heterocycles. The number of halogens is 1. The smallest absolute Gasteiger partial charge is 0.238 e. The van der Waals surface area contributed by atoms with E-state index in [-0.39, 0.29) is 24.4 Å². The van der Waals surface area contributed by atoms with E-state index in [0.29, 0.717) is 11.6 Å². The van der Waals surface area contributed by atoms with Crippen LogP contribution in [0, 0.1) is 11.7 Å². The van der Waals surface area contributed by atoms with Crippen LogP contribution < -0.4 is 10.6 Å². The maximum Gasteiger partial charge on any atom is 0.238 e. The number of anilines is 1. The van der Waals surface area contributed by atoms with Crippen molar-refractivity contribution in [3.63, 3.8) is 0 Å². The summed E-state index contributed by atoms with van der Waals surface area (Å²) in [7, 11) is 1.74. The maximum atomic E-state index is 13.2. The van der Waals surface area contributed by atoms with Gasteiger partial charge in [0.2, 0.25) is 11.8 Å². The topological polar surface area (TPSA) is 61.4 Å². The number of amides is 2. The van der Waals surface area contributed by atoms with Crippen molar-refractivity contribution in [1.29, 1.82) is 0 Å². The number of likely N-dealkylation sites (N-methyl/N-ethyl adjacent to an activating group) is 1. The van der Waals surface area contributed by atoms with Gasteiger partial charge in [0.25, 0.3) is 0 Å². The molecule has 138 valence electrons. The van der Waals surface area contributed by atoms with Crippen LogP contribution in [0.5, 0.6) is 0 Å². The number of hydrogen-bond donors (Lipinski definition) is 2. The fourth-order valence-electron chi connectivity index (χ4n) is 3.16. The molecule has 5 nitrogen and oxygen atoms in total. The Morgan fingerprint density at radius 2 is 2.04 bits per heavy atom. The molecule has 0 spiro atoms. The van der Waals surface area contributed by atoms with Gasteiger partial charge in [-0.15, -0.1) is 0 Å². The van der Waals surface area contributed by atoms with Crippen LogP contribution in [0.3, 0.4) is 0 Å². The molecule has 6 heteroatoms. The minimum Gasteiger partial charge on any atom is -0.352 e. The predicted octanol–water partition coefficient (Wildman–Crippen LogP) is 2.78. The number of nitrogens with one attached hydrogen (secondary N) is 2. The van der Waals surface area contributed by atoms with E-state index in [9.17, 15) is 14.0 Å². The Morgan fingerprint density at radius 1 is 1.32 bits per heavy atom. The molecule has 2 amide bonds. The highest BCUT2D eigenvalue weighted by molar-refractivity contribution is 5.92. The van der Waals surface area contributed by atoms with Crippen molar-refractivity contribution in [2.45, 2.75) is 51.6 Å². The summed E-state index contributed by atoms with van der Waals surface area (Å²) < 4.78 is 13.2. The lowest BCUT2D eigenvalue weighted by atomic mass is 9.86. The first-order valence-electron chi connectivity index (χ1n) is 8.93. The molecule has 2 N–H and O–H groups in total. The highest BCUT2D eigenvalue weighted by Gasteiger charge is 2.26. The van der Waals surface area contributed by atoms with Gasteiger partial charge in [-0.1, -0.05) is 25.8 Å². The average molecular weight is 349 g/mol. The van der Waals surface area contributed by atoms with Crippen molar-refractivity contribution in [2.75, 3.05) is 18.9 Å². The van der Waals surface area contributed by atoms with E-state index in [4.69, 9.17) is 0 Å². The maximum absolute atomic E-state index is 13.2. The van der Waals surface area contributed by atoms with Crippen molar-refractivity contribution in [2.24, 2.45) is 5.92 Å². The molecule has 0 bridgehead atoms. The van der Waals surface area contributed by atoms with Gasteiger partial charge in [0.15, 0.2) is 0 Å². The zero-order chi connectivity index (χ0) is 18.4. The highest BCUT2D eigenvalue weighted by atomic mass is 19.1. The molecular formula is C19H28FN3O2. The lowest BCUT2D eigenvalue weighted by Gasteiger charge is -2.32. The van der Waals surface area contributed by atoms with Gasteiger partial charge in [0, 0.05) is 11.7 Å². The van der Waals surface area contributed by atoms with E-state index in [1.165, 1.54) is 24.6 Å². The van der Waals surface area contributed by atoms with Gasteiger partial charge in [-0.25, -0.2) is 4.39 Å². The van der Waals surface area contributed by atoms with Gasteiger partial charge in [-0.3, -0.25) is 14.5 Å². The van der Waals surface area contributed by atoms with Crippen molar-refractivity contribution in [3.05, 3.63) is 30.1 Å². The zero-order valence-electron chi connectivity index (χ0n) is 15.2. The standard InChI is InChI=1S/C19H28FN3O2/c1-13-7-4-5-10-17(13)22-19(25)14(2)23(3)12-18(24)21-16-9-6-8-15(20)11-16/h6,8-9,11,13-14,17H,4-5,7,10,12H2,1-3H3,(H,21,24)(H,22,25)/t13-,14+,17+/m0/s1. The Balaban J connectivity index is 1.83. The molecule has 0 aromatic heterocycles. The summed E-state index contributed by atoms with van der Waals surface area (Å²) >= 11 is 0. The van der Waals surface area contributed by atoms with E-state index >= 15 is 0 Å². The molecule has 25 heavy (non-hydrogen) atoms. The highest BCUT2D eigenvalue weighted by Crippen LogP contribution is 2.23. The molecule has 1 aromatic rings. The molecule has 0 unspecified atom stereocenters. The SMILES string of the molecule is C[C@H](C(=O)N[C@@H]1CCCC[C@@H]1C)N(C)CC(=O)Nc1cccc(F)c1. The number of benzene rings is 1. The van der Waals surface area contributed by atoms with Crippen LogP contribution in [0.2, 0.25) is 0 Å². The number of nitrogens with zero attached hydrogens (tertiary/aromatic N) is 1. The fraction of sp³-hybridized carbons (Fsp3) is 0.579. The normalized spacial score (nSPS) is 21.6. The van der Waals surface area contributed by atoms with Crippen LogP contribution in [-0.2, 0) is 9.59 Å². The van der Waals surface area contributed by atoms with Gasteiger partial charge in [-0.05, 0) is 50.9 Å². The third kappa shape index (κ3) is 5.81. The Hall–Kier alpha value is -1.95. The van der Waals surface area contributed by atoms with Gasteiger partial charge in [0.1, 0.15) is 5.82 Å².